The zero-order valence-corrected chi connectivity index (χ0v) is 20.7. The van der Waals surface area contributed by atoms with E-state index in [1.54, 1.807) is 18.2 Å². The van der Waals surface area contributed by atoms with E-state index < -0.39 is 26.9 Å². The summed E-state index contributed by atoms with van der Waals surface area (Å²) in [5.74, 6) is -1.29. The molecule has 1 N–H and O–H groups in total. The van der Waals surface area contributed by atoms with Crippen molar-refractivity contribution in [2.75, 3.05) is 18.2 Å². The SMILES string of the molecule is CCS(=O)(=O)c1nsc(NC(=O)C(C#N)=Cc2ccc(OC(=O)c3ccc(Cl)cc3)c(OC)c2)n1. The number of nitriles is 1. The second-order valence-electron chi connectivity index (χ2n) is 6.72. The highest BCUT2D eigenvalue weighted by atomic mass is 35.5. The van der Waals surface area contributed by atoms with Crippen molar-refractivity contribution in [1.29, 1.82) is 5.26 Å². The van der Waals surface area contributed by atoms with E-state index in [4.69, 9.17) is 21.1 Å². The lowest BCUT2D eigenvalue weighted by atomic mass is 10.1. The van der Waals surface area contributed by atoms with E-state index in [1.165, 1.54) is 50.4 Å². The van der Waals surface area contributed by atoms with Crippen LogP contribution in [0.5, 0.6) is 11.5 Å². The predicted molar refractivity (Wildman–Crippen MR) is 129 cm³/mol. The number of anilines is 1. The number of carbonyl (C=O) groups excluding carboxylic acids is 2. The highest BCUT2D eigenvalue weighted by molar-refractivity contribution is 7.91. The van der Waals surface area contributed by atoms with Gasteiger partial charge in [-0.1, -0.05) is 24.6 Å². The number of aromatic nitrogens is 2. The lowest BCUT2D eigenvalue weighted by molar-refractivity contribution is -0.112. The van der Waals surface area contributed by atoms with Crippen LogP contribution in [0.2, 0.25) is 5.02 Å². The number of benzene rings is 2. The van der Waals surface area contributed by atoms with Crippen LogP contribution in [0, 0.1) is 11.3 Å². The maximum atomic E-state index is 12.5. The molecule has 0 aliphatic heterocycles. The van der Waals surface area contributed by atoms with Gasteiger partial charge >= 0.3 is 5.97 Å². The Labute approximate surface area is 209 Å². The van der Waals surface area contributed by atoms with Crippen LogP contribution >= 0.6 is 23.1 Å². The molecule has 35 heavy (non-hydrogen) atoms. The van der Waals surface area contributed by atoms with E-state index in [0.29, 0.717) is 22.1 Å². The zero-order valence-electron chi connectivity index (χ0n) is 18.3. The number of amides is 1. The first-order chi connectivity index (χ1) is 16.7. The topological polar surface area (TPSA) is 148 Å². The molecule has 1 aromatic heterocycles. The van der Waals surface area contributed by atoms with Crippen LogP contribution in [-0.2, 0) is 14.6 Å². The van der Waals surface area contributed by atoms with Gasteiger partial charge in [-0.25, -0.2) is 13.2 Å². The molecular weight excluding hydrogens is 516 g/mol. The van der Waals surface area contributed by atoms with Gasteiger partial charge in [0.05, 0.1) is 18.4 Å². The maximum Gasteiger partial charge on any atom is 0.343 e. The van der Waals surface area contributed by atoms with Gasteiger partial charge in [0, 0.05) is 16.6 Å². The molecule has 0 fully saturated rings. The Morgan fingerprint density at radius 3 is 2.54 bits per heavy atom. The number of rotatable bonds is 8. The first-order valence-corrected chi connectivity index (χ1v) is 12.6. The number of esters is 1. The van der Waals surface area contributed by atoms with E-state index in [2.05, 4.69) is 14.7 Å². The first-order valence-electron chi connectivity index (χ1n) is 9.82. The molecule has 3 rings (SSSR count). The molecule has 0 aliphatic rings. The number of methoxy groups -OCH3 is 1. The molecule has 0 saturated carbocycles. The normalized spacial score (nSPS) is 11.4. The van der Waals surface area contributed by atoms with Crippen LogP contribution in [-0.4, -0.2) is 42.5 Å². The molecule has 180 valence electrons. The summed E-state index contributed by atoms with van der Waals surface area (Å²) in [6.07, 6.45) is 1.29. The Bertz CT molecular complexity index is 1440. The van der Waals surface area contributed by atoms with Crippen molar-refractivity contribution in [2.45, 2.75) is 12.1 Å². The zero-order chi connectivity index (χ0) is 25.6. The monoisotopic (exact) mass is 532 g/mol. The summed E-state index contributed by atoms with van der Waals surface area (Å²) in [7, 11) is -2.25. The van der Waals surface area contributed by atoms with Crippen LogP contribution < -0.4 is 14.8 Å². The summed E-state index contributed by atoms with van der Waals surface area (Å²) in [4.78, 5) is 28.7. The molecule has 2 aromatic carbocycles. The van der Waals surface area contributed by atoms with Gasteiger partial charge in [0.25, 0.3) is 11.1 Å². The maximum absolute atomic E-state index is 12.5. The molecule has 0 atom stereocenters. The molecule has 0 spiro atoms. The van der Waals surface area contributed by atoms with Gasteiger partial charge in [-0.05, 0) is 48.0 Å². The van der Waals surface area contributed by atoms with E-state index in [0.717, 1.165) is 0 Å². The number of halogens is 1. The van der Waals surface area contributed by atoms with Gasteiger partial charge in [0.2, 0.25) is 15.0 Å². The summed E-state index contributed by atoms with van der Waals surface area (Å²) in [6.45, 7) is 1.45. The largest absolute Gasteiger partial charge is 0.493 e. The summed E-state index contributed by atoms with van der Waals surface area (Å²) < 4.78 is 38.1. The third-order valence-electron chi connectivity index (χ3n) is 4.43. The third-order valence-corrected chi connectivity index (χ3v) is 6.93. The Balaban J connectivity index is 1.78. The van der Waals surface area contributed by atoms with Crippen molar-refractivity contribution in [3.63, 3.8) is 0 Å². The van der Waals surface area contributed by atoms with E-state index in [9.17, 15) is 23.3 Å². The number of carbonyl (C=O) groups is 2. The van der Waals surface area contributed by atoms with Gasteiger partial charge < -0.3 is 9.47 Å². The molecule has 0 radical (unpaired) electrons. The highest BCUT2D eigenvalue weighted by Crippen LogP contribution is 2.30. The van der Waals surface area contributed by atoms with Gasteiger partial charge in [0.15, 0.2) is 11.5 Å². The van der Waals surface area contributed by atoms with Gasteiger partial charge in [0.1, 0.15) is 11.6 Å². The summed E-state index contributed by atoms with van der Waals surface area (Å²) >= 11 is 6.51. The molecule has 1 amide bonds. The average molecular weight is 533 g/mol. The number of nitrogens with zero attached hydrogens (tertiary/aromatic N) is 3. The van der Waals surface area contributed by atoms with Gasteiger partial charge in [-0.3, -0.25) is 10.1 Å². The van der Waals surface area contributed by atoms with Crippen molar-refractivity contribution in [3.8, 4) is 17.6 Å². The second kappa shape index (κ2) is 11.1. The average Bonchev–Trinajstić information content (AvgIpc) is 3.32. The Hall–Kier alpha value is -3.79. The standard InChI is InChI=1S/C22H17ClN4O6S2/c1-3-35(30,31)22-26-21(34-27-22)25-19(28)15(12-24)10-13-4-9-17(18(11-13)32-2)33-20(29)14-5-7-16(23)8-6-14/h4-11H,3H2,1-2H3,(H,25,26,27,28). The van der Waals surface area contributed by atoms with Crippen molar-refractivity contribution in [1.82, 2.24) is 9.36 Å². The number of nitrogens with one attached hydrogen (secondary N) is 1. The molecule has 10 nitrogen and oxygen atoms in total. The van der Waals surface area contributed by atoms with Crippen LogP contribution in [0.4, 0.5) is 5.13 Å². The fourth-order valence-corrected chi connectivity index (χ4v) is 4.31. The lowest BCUT2D eigenvalue weighted by Crippen LogP contribution is -2.14. The molecule has 0 bridgehead atoms. The second-order valence-corrected chi connectivity index (χ2v) is 10.1. The third kappa shape index (κ3) is 6.42. The number of hydrogen-bond acceptors (Lipinski definition) is 10. The Morgan fingerprint density at radius 2 is 1.91 bits per heavy atom. The minimum Gasteiger partial charge on any atom is -0.493 e. The van der Waals surface area contributed by atoms with Gasteiger partial charge in [-0.2, -0.15) is 14.6 Å². The molecule has 0 unspecified atom stereocenters. The number of hydrogen-bond donors (Lipinski definition) is 1. The molecule has 3 aromatic rings. The van der Waals surface area contributed by atoms with Crippen molar-refractivity contribution in [2.24, 2.45) is 0 Å². The van der Waals surface area contributed by atoms with E-state index >= 15 is 0 Å². The molecule has 1 heterocycles. The van der Waals surface area contributed by atoms with Gasteiger partial charge in [-0.15, -0.1) is 0 Å². The summed E-state index contributed by atoms with van der Waals surface area (Å²) in [5, 5.41) is 11.8. The minimum atomic E-state index is -3.63. The van der Waals surface area contributed by atoms with Crippen LogP contribution in [0.25, 0.3) is 6.08 Å². The Kier molecular flexibility index (Phi) is 8.18. The van der Waals surface area contributed by atoms with Crippen molar-refractivity contribution < 1.29 is 27.5 Å². The molecular formula is C22H17ClN4O6S2. The number of ether oxygens (including phenoxy) is 2. The highest BCUT2D eigenvalue weighted by Gasteiger charge is 2.20. The summed E-state index contributed by atoms with van der Waals surface area (Å²) in [5.41, 5.74) is 0.412. The Morgan fingerprint density at radius 1 is 1.20 bits per heavy atom. The van der Waals surface area contributed by atoms with E-state index in [1.807, 2.05) is 0 Å². The molecule has 0 aliphatic carbocycles. The van der Waals surface area contributed by atoms with Crippen LogP contribution in [0.3, 0.4) is 0 Å². The smallest absolute Gasteiger partial charge is 0.343 e. The first kappa shape index (κ1) is 25.8. The van der Waals surface area contributed by atoms with E-state index in [-0.39, 0.29) is 33.5 Å². The lowest BCUT2D eigenvalue weighted by Gasteiger charge is -2.10. The van der Waals surface area contributed by atoms with Crippen LogP contribution in [0.15, 0.2) is 53.2 Å². The van der Waals surface area contributed by atoms with Crippen molar-refractivity contribution >= 4 is 56.1 Å². The van der Waals surface area contributed by atoms with Crippen LogP contribution in [0.1, 0.15) is 22.8 Å². The molecule has 0 saturated heterocycles. The van der Waals surface area contributed by atoms with Crippen molar-refractivity contribution in [3.05, 3.63) is 64.2 Å². The minimum absolute atomic E-state index is 0.0646. The quantitative estimate of drug-likeness (QED) is 0.198. The molecule has 13 heteroatoms. The summed E-state index contributed by atoms with van der Waals surface area (Å²) in [6, 6.07) is 12.4. The number of sulfone groups is 1. The predicted octanol–water partition coefficient (Wildman–Crippen LogP) is 3.76. The fraction of sp³-hybridized carbons (Fsp3) is 0.136. The fourth-order valence-electron chi connectivity index (χ4n) is 2.60.